The van der Waals surface area contributed by atoms with E-state index in [1.54, 1.807) is 23.2 Å². The summed E-state index contributed by atoms with van der Waals surface area (Å²) in [5, 5.41) is 23.6. The number of rotatable bonds is 5. The Morgan fingerprint density at radius 2 is 2.12 bits per heavy atom. The molecule has 0 amide bonds. The molecule has 1 aliphatic rings. The summed E-state index contributed by atoms with van der Waals surface area (Å²) in [6.45, 7) is 0.780. The number of nitrogens with one attached hydrogen (secondary N) is 1. The number of aliphatic carboxylic acids is 1. The molecular weight excluding hydrogens is 328 g/mol. The minimum absolute atomic E-state index is 0.0726. The number of hydrogen-bond acceptors (Lipinski definition) is 8. The van der Waals surface area contributed by atoms with Crippen LogP contribution in [0.3, 0.4) is 0 Å². The highest BCUT2D eigenvalue weighted by Gasteiger charge is 2.31. The van der Waals surface area contributed by atoms with Crippen molar-refractivity contribution in [1.29, 1.82) is 0 Å². The van der Waals surface area contributed by atoms with Crippen LogP contribution in [-0.4, -0.2) is 44.0 Å². The van der Waals surface area contributed by atoms with E-state index in [0.717, 1.165) is 0 Å². The molecule has 130 valence electrons. The van der Waals surface area contributed by atoms with Crippen LogP contribution in [0, 0.1) is 16.0 Å². The van der Waals surface area contributed by atoms with Gasteiger partial charge < -0.3 is 15.3 Å². The van der Waals surface area contributed by atoms with E-state index in [4.69, 9.17) is 5.11 Å². The van der Waals surface area contributed by atoms with E-state index in [2.05, 4.69) is 20.3 Å². The van der Waals surface area contributed by atoms with Gasteiger partial charge in [-0.15, -0.1) is 0 Å². The summed E-state index contributed by atoms with van der Waals surface area (Å²) in [7, 11) is 0. The maximum absolute atomic E-state index is 11.6. The van der Waals surface area contributed by atoms with Gasteiger partial charge in [-0.25, -0.2) is 9.97 Å². The van der Waals surface area contributed by atoms with Gasteiger partial charge in [-0.3, -0.25) is 19.9 Å². The molecule has 0 bridgehead atoms. The van der Waals surface area contributed by atoms with Crippen LogP contribution in [0.15, 0.2) is 30.9 Å². The lowest BCUT2D eigenvalue weighted by Gasteiger charge is -2.30. The Balaban J connectivity index is 1.88. The molecule has 1 fully saturated rings. The van der Waals surface area contributed by atoms with Crippen LogP contribution in [0.2, 0.25) is 0 Å². The third-order valence-corrected chi connectivity index (χ3v) is 4.05. The number of aromatic nitrogens is 3. The first-order valence-corrected chi connectivity index (χ1v) is 7.70. The van der Waals surface area contributed by atoms with Crippen molar-refractivity contribution in [2.75, 3.05) is 23.3 Å². The molecule has 0 radical (unpaired) electrons. The fourth-order valence-electron chi connectivity index (χ4n) is 2.77. The number of pyridine rings is 1. The molecule has 0 aliphatic carbocycles. The first-order valence-electron chi connectivity index (χ1n) is 7.70. The van der Waals surface area contributed by atoms with E-state index in [9.17, 15) is 14.9 Å². The van der Waals surface area contributed by atoms with Crippen molar-refractivity contribution in [2.45, 2.75) is 12.8 Å². The lowest BCUT2D eigenvalue weighted by molar-refractivity contribution is -0.383. The Morgan fingerprint density at radius 1 is 1.36 bits per heavy atom. The van der Waals surface area contributed by atoms with Crippen molar-refractivity contribution in [3.63, 3.8) is 0 Å². The summed E-state index contributed by atoms with van der Waals surface area (Å²) in [4.78, 5) is 35.9. The van der Waals surface area contributed by atoms with Gasteiger partial charge >= 0.3 is 11.7 Å². The SMILES string of the molecule is O=C(O)C1CCN(c2ncnc(Nc3cccnc3)c2[N+](=O)[O-])CC1. The fraction of sp³-hybridized carbons (Fsp3) is 0.333. The van der Waals surface area contributed by atoms with Crippen LogP contribution in [0.4, 0.5) is 23.0 Å². The Morgan fingerprint density at radius 3 is 2.72 bits per heavy atom. The van der Waals surface area contributed by atoms with E-state index >= 15 is 0 Å². The van der Waals surface area contributed by atoms with Crippen LogP contribution in [0.1, 0.15) is 12.8 Å². The Kier molecular flexibility index (Phi) is 4.68. The van der Waals surface area contributed by atoms with Gasteiger partial charge in [0, 0.05) is 19.3 Å². The van der Waals surface area contributed by atoms with Gasteiger partial charge in [0.2, 0.25) is 11.6 Å². The summed E-state index contributed by atoms with van der Waals surface area (Å²) in [6.07, 6.45) is 5.22. The predicted molar refractivity (Wildman–Crippen MR) is 88.8 cm³/mol. The minimum atomic E-state index is -0.837. The van der Waals surface area contributed by atoms with Crippen LogP contribution in [0.25, 0.3) is 0 Å². The van der Waals surface area contributed by atoms with Gasteiger partial charge in [0.15, 0.2) is 0 Å². The van der Waals surface area contributed by atoms with Crippen molar-refractivity contribution in [2.24, 2.45) is 5.92 Å². The Hall–Kier alpha value is -3.30. The monoisotopic (exact) mass is 344 g/mol. The number of nitrogens with zero attached hydrogens (tertiary/aromatic N) is 5. The van der Waals surface area contributed by atoms with E-state index in [-0.39, 0.29) is 17.3 Å². The molecule has 2 N–H and O–H groups in total. The summed E-state index contributed by atoms with van der Waals surface area (Å²) < 4.78 is 0. The van der Waals surface area contributed by atoms with E-state index in [0.29, 0.717) is 31.6 Å². The van der Waals surface area contributed by atoms with Gasteiger partial charge in [-0.2, -0.15) is 0 Å². The highest BCUT2D eigenvalue weighted by Crippen LogP contribution is 2.35. The first-order chi connectivity index (χ1) is 12.1. The van der Waals surface area contributed by atoms with Gasteiger partial charge in [0.1, 0.15) is 6.33 Å². The van der Waals surface area contributed by atoms with Crippen molar-refractivity contribution >= 4 is 29.0 Å². The fourth-order valence-corrected chi connectivity index (χ4v) is 2.77. The average Bonchev–Trinajstić information content (AvgIpc) is 2.62. The molecule has 3 heterocycles. The highest BCUT2D eigenvalue weighted by atomic mass is 16.6. The predicted octanol–water partition coefficient (Wildman–Crippen LogP) is 1.82. The molecule has 3 rings (SSSR count). The summed E-state index contributed by atoms with van der Waals surface area (Å²) in [6, 6.07) is 3.42. The largest absolute Gasteiger partial charge is 0.481 e. The molecule has 0 spiro atoms. The highest BCUT2D eigenvalue weighted by molar-refractivity contribution is 5.75. The second kappa shape index (κ2) is 7.07. The first kappa shape index (κ1) is 16.6. The van der Waals surface area contributed by atoms with Crippen molar-refractivity contribution in [3.8, 4) is 0 Å². The molecule has 0 unspecified atom stereocenters. The number of hydrogen-bond donors (Lipinski definition) is 2. The van der Waals surface area contributed by atoms with E-state index < -0.39 is 16.8 Å². The zero-order valence-corrected chi connectivity index (χ0v) is 13.2. The third-order valence-electron chi connectivity index (χ3n) is 4.05. The molecule has 2 aromatic rings. The second-order valence-electron chi connectivity index (χ2n) is 5.62. The Bertz CT molecular complexity index is 777. The Labute approximate surface area is 142 Å². The maximum atomic E-state index is 11.6. The second-order valence-corrected chi connectivity index (χ2v) is 5.62. The third kappa shape index (κ3) is 3.62. The zero-order chi connectivity index (χ0) is 17.8. The number of piperidine rings is 1. The zero-order valence-electron chi connectivity index (χ0n) is 13.2. The smallest absolute Gasteiger partial charge is 0.353 e. The molecule has 0 aromatic carbocycles. The molecule has 0 atom stereocenters. The molecule has 25 heavy (non-hydrogen) atoms. The number of anilines is 3. The normalized spacial score (nSPS) is 15.0. The summed E-state index contributed by atoms with van der Waals surface area (Å²) in [5.41, 5.74) is 0.333. The number of nitro groups is 1. The van der Waals surface area contributed by atoms with Gasteiger partial charge in [-0.05, 0) is 25.0 Å². The number of carbonyl (C=O) groups is 1. The van der Waals surface area contributed by atoms with Crippen LogP contribution in [-0.2, 0) is 4.79 Å². The maximum Gasteiger partial charge on any atom is 0.353 e. The van der Waals surface area contributed by atoms with Crippen molar-refractivity contribution in [1.82, 2.24) is 15.0 Å². The average molecular weight is 344 g/mol. The lowest BCUT2D eigenvalue weighted by Crippen LogP contribution is -2.37. The standard InChI is InChI=1S/C15H16N6O4/c22-15(23)10-3-6-20(7-4-10)14-12(21(24)25)13(17-9-18-14)19-11-2-1-5-16-8-11/h1-2,5,8-10H,3-4,6-7H2,(H,22,23)(H,17,18,19). The number of carboxylic acid groups (broad SMARTS) is 1. The topological polar surface area (TPSA) is 134 Å². The van der Waals surface area contributed by atoms with Crippen molar-refractivity contribution < 1.29 is 14.8 Å². The molecule has 10 nitrogen and oxygen atoms in total. The lowest BCUT2D eigenvalue weighted by atomic mass is 9.97. The molecule has 10 heteroatoms. The quantitative estimate of drug-likeness (QED) is 0.615. The summed E-state index contributed by atoms with van der Waals surface area (Å²) >= 11 is 0. The van der Waals surface area contributed by atoms with Crippen LogP contribution >= 0.6 is 0 Å². The minimum Gasteiger partial charge on any atom is -0.481 e. The molecular formula is C15H16N6O4. The van der Waals surface area contributed by atoms with Gasteiger partial charge in [0.05, 0.1) is 22.7 Å². The molecule has 2 aromatic heterocycles. The van der Waals surface area contributed by atoms with E-state index in [1.807, 2.05) is 0 Å². The van der Waals surface area contributed by atoms with Crippen molar-refractivity contribution in [3.05, 3.63) is 41.0 Å². The molecule has 1 saturated heterocycles. The number of carboxylic acids is 1. The molecule has 1 aliphatic heterocycles. The van der Waals surface area contributed by atoms with Crippen LogP contribution in [0.5, 0.6) is 0 Å². The summed E-state index contributed by atoms with van der Waals surface area (Å²) in [5.74, 6) is -1.00. The molecule has 0 saturated carbocycles. The van der Waals surface area contributed by atoms with E-state index in [1.165, 1.54) is 12.5 Å². The van der Waals surface area contributed by atoms with Gasteiger partial charge in [0.25, 0.3) is 0 Å². The van der Waals surface area contributed by atoms with Crippen LogP contribution < -0.4 is 10.2 Å². The van der Waals surface area contributed by atoms with Gasteiger partial charge in [-0.1, -0.05) is 0 Å².